The Hall–Kier alpha value is -1.68. The fourth-order valence-electron chi connectivity index (χ4n) is 1.76. The average Bonchev–Trinajstić information content (AvgIpc) is 2.76. The lowest BCUT2D eigenvalue weighted by molar-refractivity contribution is 0.583. The van der Waals surface area contributed by atoms with E-state index in [1.54, 1.807) is 0 Å². The van der Waals surface area contributed by atoms with Crippen LogP contribution in [0.2, 0.25) is 0 Å². The second kappa shape index (κ2) is 5.10. The Balaban J connectivity index is 2.18. The van der Waals surface area contributed by atoms with Gasteiger partial charge in [0, 0.05) is 12.2 Å². The molecule has 0 aliphatic heterocycles. The summed E-state index contributed by atoms with van der Waals surface area (Å²) in [7, 11) is 0. The lowest BCUT2D eigenvalue weighted by Crippen LogP contribution is -2.18. The van der Waals surface area contributed by atoms with E-state index in [9.17, 15) is 0 Å². The molecule has 0 bridgehead atoms. The van der Waals surface area contributed by atoms with Crippen LogP contribution in [-0.2, 0) is 0 Å². The third kappa shape index (κ3) is 2.71. The highest BCUT2D eigenvalue weighted by Crippen LogP contribution is 2.12. The second-order valence-corrected chi connectivity index (χ2v) is 4.12. The first kappa shape index (κ1) is 11.8. The average molecular weight is 230 g/mol. The molecule has 17 heavy (non-hydrogen) atoms. The van der Waals surface area contributed by atoms with Crippen LogP contribution in [0.1, 0.15) is 31.3 Å². The molecule has 0 saturated carbocycles. The third-order valence-corrected chi connectivity index (χ3v) is 2.71. The van der Waals surface area contributed by atoms with Gasteiger partial charge in [0.2, 0.25) is 0 Å². The highest BCUT2D eigenvalue weighted by Gasteiger charge is 2.05. The fourth-order valence-corrected chi connectivity index (χ4v) is 1.76. The Kier molecular flexibility index (Phi) is 3.54. The Bertz CT molecular complexity index is 472. The van der Waals surface area contributed by atoms with Crippen LogP contribution in [0.25, 0.3) is 5.69 Å². The van der Waals surface area contributed by atoms with E-state index in [0.29, 0.717) is 0 Å². The predicted molar refractivity (Wildman–Crippen MR) is 68.2 cm³/mol. The van der Waals surface area contributed by atoms with Crippen LogP contribution in [0, 0.1) is 6.92 Å². The van der Waals surface area contributed by atoms with E-state index in [0.717, 1.165) is 23.6 Å². The summed E-state index contributed by atoms with van der Waals surface area (Å²) in [5.41, 5.74) is 3.06. The zero-order valence-electron chi connectivity index (χ0n) is 10.5. The van der Waals surface area contributed by atoms with Crippen molar-refractivity contribution in [1.82, 2.24) is 20.1 Å². The zero-order valence-corrected chi connectivity index (χ0v) is 10.5. The van der Waals surface area contributed by atoms with Crippen molar-refractivity contribution < 1.29 is 0 Å². The minimum Gasteiger partial charge on any atom is -0.309 e. The van der Waals surface area contributed by atoms with Gasteiger partial charge in [-0.25, -0.2) is 4.68 Å². The topological polar surface area (TPSA) is 42.7 Å². The summed E-state index contributed by atoms with van der Waals surface area (Å²) >= 11 is 0. The number of nitrogens with one attached hydrogen (secondary N) is 1. The second-order valence-electron chi connectivity index (χ2n) is 4.12. The van der Waals surface area contributed by atoms with Crippen molar-refractivity contribution in [1.29, 1.82) is 0 Å². The van der Waals surface area contributed by atoms with Crippen LogP contribution >= 0.6 is 0 Å². The Morgan fingerprint density at radius 3 is 2.71 bits per heavy atom. The zero-order chi connectivity index (χ0) is 12.3. The van der Waals surface area contributed by atoms with Crippen molar-refractivity contribution in [3.63, 3.8) is 0 Å². The van der Waals surface area contributed by atoms with Gasteiger partial charge in [0.05, 0.1) is 23.3 Å². The lowest BCUT2D eigenvalue weighted by Gasteiger charge is -2.11. The molecule has 1 atom stereocenters. The van der Waals surface area contributed by atoms with Gasteiger partial charge in [-0.15, -0.1) is 0 Å². The molecule has 0 amide bonds. The van der Waals surface area contributed by atoms with Gasteiger partial charge >= 0.3 is 0 Å². The minimum absolute atomic E-state index is 0.286. The van der Waals surface area contributed by atoms with E-state index < -0.39 is 0 Å². The Labute approximate surface area is 102 Å². The molecule has 2 aromatic heterocycles. The Morgan fingerprint density at radius 1 is 1.35 bits per heavy atom. The van der Waals surface area contributed by atoms with Crippen LogP contribution in [0.3, 0.4) is 0 Å². The SMILES string of the molecule is CCNC(C)c1ccc(-n2ccc(C)n2)cn1. The van der Waals surface area contributed by atoms with Crippen LogP contribution in [0.15, 0.2) is 30.6 Å². The van der Waals surface area contributed by atoms with E-state index in [-0.39, 0.29) is 6.04 Å². The summed E-state index contributed by atoms with van der Waals surface area (Å²) in [6, 6.07) is 6.35. The number of hydrogen-bond acceptors (Lipinski definition) is 3. The summed E-state index contributed by atoms with van der Waals surface area (Å²) in [4.78, 5) is 4.46. The molecule has 90 valence electrons. The van der Waals surface area contributed by atoms with Gasteiger partial charge in [0.15, 0.2) is 0 Å². The molecule has 2 rings (SSSR count). The molecule has 0 spiro atoms. The molecule has 0 aliphatic rings. The number of rotatable bonds is 4. The van der Waals surface area contributed by atoms with Gasteiger partial charge in [0.25, 0.3) is 0 Å². The molecule has 2 heterocycles. The smallest absolute Gasteiger partial charge is 0.0829 e. The molecule has 4 heteroatoms. The fraction of sp³-hybridized carbons (Fsp3) is 0.385. The maximum absolute atomic E-state index is 4.46. The van der Waals surface area contributed by atoms with Gasteiger partial charge in [-0.05, 0) is 38.6 Å². The van der Waals surface area contributed by atoms with E-state index in [1.165, 1.54) is 0 Å². The van der Waals surface area contributed by atoms with Crippen molar-refractivity contribution >= 4 is 0 Å². The highest BCUT2D eigenvalue weighted by molar-refractivity contribution is 5.29. The standard InChI is InChI=1S/C13H18N4/c1-4-14-11(3)13-6-5-12(9-15-13)17-8-7-10(2)16-17/h5-9,11,14H,4H2,1-3H3. The van der Waals surface area contributed by atoms with Crippen molar-refractivity contribution in [3.05, 3.63) is 42.0 Å². The number of nitrogens with zero attached hydrogens (tertiary/aromatic N) is 3. The van der Waals surface area contributed by atoms with E-state index >= 15 is 0 Å². The third-order valence-electron chi connectivity index (χ3n) is 2.71. The normalized spacial score (nSPS) is 12.6. The van der Waals surface area contributed by atoms with Gasteiger partial charge in [-0.3, -0.25) is 4.98 Å². The van der Waals surface area contributed by atoms with Gasteiger partial charge in [-0.2, -0.15) is 5.10 Å². The lowest BCUT2D eigenvalue weighted by atomic mass is 10.2. The Morgan fingerprint density at radius 2 is 2.18 bits per heavy atom. The molecular formula is C13H18N4. The predicted octanol–water partition coefficient (Wildman–Crippen LogP) is 2.25. The molecule has 1 N–H and O–H groups in total. The summed E-state index contributed by atoms with van der Waals surface area (Å²) in [6.45, 7) is 7.13. The molecule has 0 fully saturated rings. The highest BCUT2D eigenvalue weighted by atomic mass is 15.3. The van der Waals surface area contributed by atoms with Crippen LogP contribution in [-0.4, -0.2) is 21.3 Å². The summed E-state index contributed by atoms with van der Waals surface area (Å²) < 4.78 is 1.84. The van der Waals surface area contributed by atoms with Gasteiger partial charge in [-0.1, -0.05) is 6.92 Å². The molecule has 0 aliphatic carbocycles. The maximum atomic E-state index is 4.46. The summed E-state index contributed by atoms with van der Waals surface area (Å²) in [5.74, 6) is 0. The molecule has 0 saturated heterocycles. The molecule has 0 aromatic carbocycles. The van der Waals surface area contributed by atoms with E-state index in [4.69, 9.17) is 0 Å². The maximum Gasteiger partial charge on any atom is 0.0829 e. The molecule has 2 aromatic rings. The van der Waals surface area contributed by atoms with Gasteiger partial charge in [0.1, 0.15) is 0 Å². The van der Waals surface area contributed by atoms with Gasteiger partial charge < -0.3 is 5.32 Å². The van der Waals surface area contributed by atoms with E-state index in [2.05, 4.69) is 29.2 Å². The molecular weight excluding hydrogens is 212 g/mol. The first-order valence-corrected chi connectivity index (χ1v) is 5.92. The number of aromatic nitrogens is 3. The molecule has 4 nitrogen and oxygen atoms in total. The largest absolute Gasteiger partial charge is 0.309 e. The number of aryl methyl sites for hydroxylation is 1. The van der Waals surface area contributed by atoms with Crippen molar-refractivity contribution in [2.75, 3.05) is 6.54 Å². The van der Waals surface area contributed by atoms with Crippen molar-refractivity contribution in [2.24, 2.45) is 0 Å². The quantitative estimate of drug-likeness (QED) is 0.876. The van der Waals surface area contributed by atoms with Crippen LogP contribution < -0.4 is 5.32 Å². The number of pyridine rings is 1. The minimum atomic E-state index is 0.286. The van der Waals surface area contributed by atoms with E-state index in [1.807, 2.05) is 42.2 Å². The summed E-state index contributed by atoms with van der Waals surface area (Å²) in [6.07, 6.45) is 3.80. The van der Waals surface area contributed by atoms with Crippen molar-refractivity contribution in [2.45, 2.75) is 26.8 Å². The molecule has 0 radical (unpaired) electrons. The summed E-state index contributed by atoms with van der Waals surface area (Å²) in [5, 5.41) is 7.69. The van der Waals surface area contributed by atoms with Crippen LogP contribution in [0.5, 0.6) is 0 Å². The number of hydrogen-bond donors (Lipinski definition) is 1. The monoisotopic (exact) mass is 230 g/mol. The first-order valence-electron chi connectivity index (χ1n) is 5.92. The molecule has 1 unspecified atom stereocenters. The van der Waals surface area contributed by atoms with Crippen molar-refractivity contribution in [3.8, 4) is 5.69 Å². The first-order chi connectivity index (χ1) is 8.20. The van der Waals surface area contributed by atoms with Crippen LogP contribution in [0.4, 0.5) is 0 Å².